The second-order valence-corrected chi connectivity index (χ2v) is 12.9. The molecular formula is C32H39BrN4O8. The Hall–Kier alpha value is -3.10. The molecule has 0 radical (unpaired) electrons. The lowest BCUT2D eigenvalue weighted by Crippen LogP contribution is -2.57. The quantitative estimate of drug-likeness (QED) is 0.328. The summed E-state index contributed by atoms with van der Waals surface area (Å²) >= 11 is 3.57. The summed E-state index contributed by atoms with van der Waals surface area (Å²) in [6.07, 6.45) is 5.26. The number of benzene rings is 1. The fourth-order valence-corrected chi connectivity index (χ4v) is 7.87. The number of amides is 3. The number of ether oxygens (including phenoxy) is 3. The van der Waals surface area contributed by atoms with Gasteiger partial charge in [0.1, 0.15) is 24.4 Å². The minimum Gasteiger partial charge on any atom is -0.463 e. The van der Waals surface area contributed by atoms with Gasteiger partial charge >= 0.3 is 5.97 Å². The summed E-state index contributed by atoms with van der Waals surface area (Å²) in [4.78, 5) is 60.8. The van der Waals surface area contributed by atoms with Crippen molar-refractivity contribution in [2.75, 3.05) is 65.7 Å². The van der Waals surface area contributed by atoms with Crippen LogP contribution in [-0.2, 0) is 33.4 Å². The van der Waals surface area contributed by atoms with Crippen LogP contribution in [0.1, 0.15) is 24.4 Å². The molecule has 12 nitrogen and oxygen atoms in total. The number of esters is 1. The molecule has 1 aromatic carbocycles. The zero-order chi connectivity index (χ0) is 31.6. The molecule has 5 aliphatic heterocycles. The lowest BCUT2D eigenvalue weighted by molar-refractivity contribution is -0.148. The number of β-amino-alcohol motifs (C(OH)–C–C–N with tert-alkyl or cyclic N) is 1. The van der Waals surface area contributed by atoms with Crippen LogP contribution in [0.4, 0.5) is 0 Å². The number of aliphatic hydroxyl groups excluding tert-OH is 1. The average molecular weight is 688 g/mol. The molecule has 3 amide bonds. The number of hydrogen-bond acceptors (Lipinski definition) is 9. The standard InChI is InChI=1S/C32H39BrN4O8/c33-22-19-32-26-25(27(22)45-32)29(40)34-23(21-7-3-1-4-8-21)20-44-24(39)9-5-2-6-10-36(12-11-35-14-17-43-18-15-35)31(42)28(32)37(13-16-38)30(26)41/h1-4,6-8,19,23,25-28,38H,5,9-18,20H2,(H,34,40)/b6-2-/t23-,25-,26+,27-,28-,32+/m0/s1. The maximum absolute atomic E-state index is 14.6. The molecule has 1 aromatic rings. The Balaban J connectivity index is 1.36. The van der Waals surface area contributed by atoms with E-state index in [4.69, 9.17) is 14.2 Å². The highest BCUT2D eigenvalue weighted by molar-refractivity contribution is 9.11. The Bertz CT molecular complexity index is 1350. The molecule has 5 bridgehead atoms. The Kier molecular flexibility index (Phi) is 9.71. The molecule has 6 atom stereocenters. The number of hydrogen-bond donors (Lipinski definition) is 2. The van der Waals surface area contributed by atoms with Crippen LogP contribution < -0.4 is 5.32 Å². The zero-order valence-electron chi connectivity index (χ0n) is 25.0. The Morgan fingerprint density at radius 1 is 1.00 bits per heavy atom. The number of carbonyl (C=O) groups excluding carboxylic acids is 4. The van der Waals surface area contributed by atoms with Gasteiger partial charge in [0.2, 0.25) is 17.7 Å². The van der Waals surface area contributed by atoms with Crippen LogP contribution in [0.25, 0.3) is 0 Å². The summed E-state index contributed by atoms with van der Waals surface area (Å²) in [6, 6.07) is 7.46. The molecule has 242 valence electrons. The van der Waals surface area contributed by atoms with E-state index in [1.165, 1.54) is 4.90 Å². The second-order valence-electron chi connectivity index (χ2n) is 12.0. The summed E-state index contributed by atoms with van der Waals surface area (Å²) in [6.45, 7) is 3.52. The molecule has 13 heteroatoms. The molecule has 2 N–H and O–H groups in total. The smallest absolute Gasteiger partial charge is 0.306 e. The van der Waals surface area contributed by atoms with Crippen LogP contribution in [0.2, 0.25) is 0 Å². The lowest BCUT2D eigenvalue weighted by Gasteiger charge is -2.36. The predicted molar refractivity (Wildman–Crippen MR) is 165 cm³/mol. The molecular weight excluding hydrogens is 648 g/mol. The normalized spacial score (nSPS) is 33.6. The Morgan fingerprint density at radius 3 is 2.53 bits per heavy atom. The zero-order valence-corrected chi connectivity index (χ0v) is 26.6. The van der Waals surface area contributed by atoms with E-state index >= 15 is 0 Å². The van der Waals surface area contributed by atoms with Gasteiger partial charge < -0.3 is 34.4 Å². The van der Waals surface area contributed by atoms with E-state index in [0.29, 0.717) is 37.2 Å². The summed E-state index contributed by atoms with van der Waals surface area (Å²) in [5, 5.41) is 13.0. The van der Waals surface area contributed by atoms with Gasteiger partial charge in [-0.2, -0.15) is 0 Å². The number of fused-ring (bicyclic) bond motifs is 2. The number of morpholine rings is 1. The number of nitrogens with one attached hydrogen (secondary N) is 1. The van der Waals surface area contributed by atoms with Crippen molar-refractivity contribution in [1.82, 2.24) is 20.0 Å². The number of likely N-dealkylation sites (tertiary alicyclic amines) is 1. The minimum absolute atomic E-state index is 0.0724. The van der Waals surface area contributed by atoms with E-state index in [9.17, 15) is 24.3 Å². The Morgan fingerprint density at radius 2 is 1.78 bits per heavy atom. The third kappa shape index (κ3) is 6.20. The minimum atomic E-state index is -1.39. The van der Waals surface area contributed by atoms with E-state index < -0.39 is 53.4 Å². The van der Waals surface area contributed by atoms with Crippen LogP contribution in [0, 0.1) is 11.8 Å². The number of carbonyl (C=O) groups is 4. The van der Waals surface area contributed by atoms with E-state index in [1.54, 1.807) is 11.0 Å². The van der Waals surface area contributed by atoms with Crippen LogP contribution in [0.15, 0.2) is 53.0 Å². The van der Waals surface area contributed by atoms with E-state index in [-0.39, 0.29) is 38.6 Å². The van der Waals surface area contributed by atoms with Crippen molar-refractivity contribution in [2.45, 2.75) is 36.6 Å². The second kappa shape index (κ2) is 13.7. The van der Waals surface area contributed by atoms with Crippen molar-refractivity contribution in [1.29, 1.82) is 0 Å². The van der Waals surface area contributed by atoms with Gasteiger partial charge in [-0.05, 0) is 18.1 Å². The molecule has 0 saturated carbocycles. The first-order valence-electron chi connectivity index (χ1n) is 15.6. The third-order valence-electron chi connectivity index (χ3n) is 9.34. The van der Waals surface area contributed by atoms with Crippen LogP contribution >= 0.6 is 15.9 Å². The highest BCUT2D eigenvalue weighted by atomic mass is 79.9. The summed E-state index contributed by atoms with van der Waals surface area (Å²) < 4.78 is 18.2. The van der Waals surface area contributed by atoms with E-state index in [0.717, 1.165) is 18.7 Å². The van der Waals surface area contributed by atoms with Crippen LogP contribution in [0.3, 0.4) is 0 Å². The first-order valence-corrected chi connectivity index (χ1v) is 16.4. The van der Waals surface area contributed by atoms with E-state index in [2.05, 4.69) is 26.1 Å². The molecule has 6 rings (SSSR count). The van der Waals surface area contributed by atoms with Crippen molar-refractivity contribution in [3.8, 4) is 0 Å². The Labute approximate surface area is 270 Å². The first-order chi connectivity index (χ1) is 21.8. The number of rotatable bonds is 6. The summed E-state index contributed by atoms with van der Waals surface area (Å²) in [5.74, 6) is -3.50. The summed E-state index contributed by atoms with van der Waals surface area (Å²) in [7, 11) is 0. The number of halogens is 1. The van der Waals surface area contributed by atoms with Gasteiger partial charge in [-0.3, -0.25) is 24.1 Å². The van der Waals surface area contributed by atoms with E-state index in [1.807, 2.05) is 42.5 Å². The van der Waals surface area contributed by atoms with Crippen LogP contribution in [-0.4, -0.2) is 127 Å². The van der Waals surface area contributed by atoms with Gasteiger partial charge in [-0.1, -0.05) is 58.4 Å². The van der Waals surface area contributed by atoms with Crippen molar-refractivity contribution in [3.63, 3.8) is 0 Å². The molecule has 5 aliphatic rings. The molecule has 3 fully saturated rings. The first kappa shape index (κ1) is 31.9. The predicted octanol–water partition coefficient (Wildman–Crippen LogP) is 0.763. The van der Waals surface area contributed by atoms with Crippen molar-refractivity contribution < 1.29 is 38.5 Å². The monoisotopic (exact) mass is 686 g/mol. The highest BCUT2D eigenvalue weighted by Crippen LogP contribution is 2.58. The molecule has 3 saturated heterocycles. The number of cyclic esters (lactones) is 1. The molecule has 0 unspecified atom stereocenters. The maximum atomic E-state index is 14.6. The number of nitrogens with zero attached hydrogens (tertiary/aromatic N) is 3. The molecule has 1 spiro atoms. The maximum Gasteiger partial charge on any atom is 0.306 e. The molecule has 5 heterocycles. The largest absolute Gasteiger partial charge is 0.463 e. The molecule has 0 aliphatic carbocycles. The number of aliphatic hydroxyl groups is 1. The van der Waals surface area contributed by atoms with Gasteiger partial charge in [-0.25, -0.2) is 0 Å². The molecule has 45 heavy (non-hydrogen) atoms. The summed E-state index contributed by atoms with van der Waals surface area (Å²) in [5.41, 5.74) is -0.646. The van der Waals surface area contributed by atoms with Crippen molar-refractivity contribution in [2.24, 2.45) is 11.8 Å². The van der Waals surface area contributed by atoms with Gasteiger partial charge in [0.25, 0.3) is 0 Å². The fourth-order valence-electron chi connectivity index (χ4n) is 7.14. The van der Waals surface area contributed by atoms with Crippen molar-refractivity contribution >= 4 is 39.6 Å². The fraction of sp³-hybridized carbons (Fsp3) is 0.562. The van der Waals surface area contributed by atoms with Crippen LogP contribution in [0.5, 0.6) is 0 Å². The van der Waals surface area contributed by atoms with Gasteiger partial charge in [0.15, 0.2) is 0 Å². The highest BCUT2D eigenvalue weighted by Gasteiger charge is 2.74. The third-order valence-corrected chi connectivity index (χ3v) is 10.0. The number of allylic oxidation sites excluding steroid dienone is 1. The molecule has 0 aromatic heterocycles. The average Bonchev–Trinajstić information content (AvgIpc) is 3.64. The van der Waals surface area contributed by atoms with Gasteiger partial charge in [0.05, 0.1) is 37.7 Å². The SMILES string of the molecule is O=C1CC/C=C\CN(CCN2CCOCC2)C(=O)[C@@H]2N(CCO)C(=O)[C@H]3[C@H](C(=O)N[C@H](c4ccccc4)CO1)[C@H]1O[C@@]23C=C1Br. The van der Waals surface area contributed by atoms with Gasteiger partial charge in [-0.15, -0.1) is 0 Å². The van der Waals surface area contributed by atoms with Gasteiger partial charge in [0, 0.05) is 50.2 Å². The topological polar surface area (TPSA) is 138 Å². The lowest BCUT2D eigenvalue weighted by atomic mass is 9.74. The van der Waals surface area contributed by atoms with Crippen molar-refractivity contribution in [3.05, 3.63) is 58.6 Å².